The lowest BCUT2D eigenvalue weighted by Crippen LogP contribution is -2.61. The Morgan fingerprint density at radius 3 is 2.41 bits per heavy atom. The number of nitrogens with one attached hydrogen (secondary N) is 1. The second kappa shape index (κ2) is 10.2. The van der Waals surface area contributed by atoms with Crippen LogP contribution in [0.4, 0.5) is 10.6 Å². The Morgan fingerprint density at radius 1 is 1.15 bits per heavy atom. The highest BCUT2D eigenvalue weighted by Gasteiger charge is 2.45. The average molecular weight is 487 g/mol. The van der Waals surface area contributed by atoms with E-state index in [1.54, 1.807) is 38.7 Å². The number of esters is 1. The minimum atomic E-state index is -1.13. The fraction of sp³-hybridized carbons (Fsp3) is 0.520. The zero-order valence-electron chi connectivity index (χ0n) is 21.0. The standard InChI is InChI=1S/C25H34N4O4S/c1-16-9-8-10-19(17(16)2)34-21-18(3)27-20(15-26-21)29-13-11-25(12-14-29,22(30)32-7)28-23(31)33-24(4,5)6/h8-10,15H,11-14H2,1-7H3,(H,28,31). The maximum atomic E-state index is 12.6. The lowest BCUT2D eigenvalue weighted by molar-refractivity contribution is -0.149. The maximum absolute atomic E-state index is 12.6. The van der Waals surface area contributed by atoms with Crippen LogP contribution in [0.25, 0.3) is 0 Å². The lowest BCUT2D eigenvalue weighted by Gasteiger charge is -2.40. The number of anilines is 1. The molecule has 1 aromatic heterocycles. The highest BCUT2D eigenvalue weighted by atomic mass is 32.2. The summed E-state index contributed by atoms with van der Waals surface area (Å²) >= 11 is 1.61. The molecule has 34 heavy (non-hydrogen) atoms. The number of aryl methyl sites for hydroxylation is 2. The molecule has 1 fully saturated rings. The molecule has 1 amide bonds. The third kappa shape index (κ3) is 6.00. The molecular weight excluding hydrogens is 452 g/mol. The number of aromatic nitrogens is 2. The molecule has 0 saturated carbocycles. The van der Waals surface area contributed by atoms with Crippen molar-refractivity contribution < 1.29 is 19.1 Å². The molecule has 0 bridgehead atoms. The predicted molar refractivity (Wildman–Crippen MR) is 132 cm³/mol. The number of amides is 1. The molecule has 1 N–H and O–H groups in total. The van der Waals surface area contributed by atoms with Gasteiger partial charge in [0.15, 0.2) is 0 Å². The normalized spacial score (nSPS) is 15.6. The number of benzene rings is 1. The molecule has 1 aromatic carbocycles. The highest BCUT2D eigenvalue weighted by molar-refractivity contribution is 7.99. The topological polar surface area (TPSA) is 93.6 Å². The van der Waals surface area contributed by atoms with E-state index < -0.39 is 23.2 Å². The Bertz CT molecular complexity index is 1060. The van der Waals surface area contributed by atoms with Crippen molar-refractivity contribution in [3.63, 3.8) is 0 Å². The summed E-state index contributed by atoms with van der Waals surface area (Å²) in [6, 6.07) is 6.24. The van der Waals surface area contributed by atoms with Crippen LogP contribution < -0.4 is 10.2 Å². The number of rotatable bonds is 5. The first kappa shape index (κ1) is 25.8. The first-order valence-electron chi connectivity index (χ1n) is 11.4. The van der Waals surface area contributed by atoms with Gasteiger partial charge in [0.2, 0.25) is 0 Å². The van der Waals surface area contributed by atoms with Crippen LogP contribution in [0.2, 0.25) is 0 Å². The Labute approximate surface area is 205 Å². The van der Waals surface area contributed by atoms with Gasteiger partial charge in [-0.1, -0.05) is 23.9 Å². The number of methoxy groups -OCH3 is 1. The molecule has 0 radical (unpaired) electrons. The van der Waals surface area contributed by atoms with Gasteiger partial charge in [-0.15, -0.1) is 0 Å². The molecule has 2 heterocycles. The van der Waals surface area contributed by atoms with Crippen molar-refractivity contribution in [2.24, 2.45) is 0 Å². The van der Waals surface area contributed by atoms with E-state index in [0.717, 1.165) is 16.5 Å². The van der Waals surface area contributed by atoms with Gasteiger partial charge in [0, 0.05) is 18.0 Å². The van der Waals surface area contributed by atoms with Gasteiger partial charge in [0.25, 0.3) is 0 Å². The molecule has 2 aromatic rings. The van der Waals surface area contributed by atoms with E-state index in [-0.39, 0.29) is 0 Å². The Balaban J connectivity index is 1.71. The van der Waals surface area contributed by atoms with E-state index >= 15 is 0 Å². The van der Waals surface area contributed by atoms with Crippen molar-refractivity contribution in [3.05, 3.63) is 41.2 Å². The molecule has 1 aliphatic heterocycles. The molecule has 0 spiro atoms. The summed E-state index contributed by atoms with van der Waals surface area (Å²) in [6.45, 7) is 12.5. The third-order valence-electron chi connectivity index (χ3n) is 5.91. The van der Waals surface area contributed by atoms with E-state index in [0.29, 0.717) is 25.9 Å². The van der Waals surface area contributed by atoms with Crippen LogP contribution in [0, 0.1) is 20.8 Å². The van der Waals surface area contributed by atoms with Crippen molar-refractivity contribution in [2.75, 3.05) is 25.1 Å². The monoisotopic (exact) mass is 486 g/mol. The van der Waals surface area contributed by atoms with Gasteiger partial charge in [-0.2, -0.15) is 0 Å². The van der Waals surface area contributed by atoms with Gasteiger partial charge in [0.05, 0.1) is 19.0 Å². The minimum absolute atomic E-state index is 0.374. The summed E-state index contributed by atoms with van der Waals surface area (Å²) in [5.74, 6) is 0.277. The number of hydrogen-bond donors (Lipinski definition) is 1. The fourth-order valence-corrected chi connectivity index (χ4v) is 4.81. The largest absolute Gasteiger partial charge is 0.467 e. The van der Waals surface area contributed by atoms with E-state index in [9.17, 15) is 9.59 Å². The molecule has 0 aliphatic carbocycles. The van der Waals surface area contributed by atoms with Crippen molar-refractivity contribution in [1.29, 1.82) is 0 Å². The second-order valence-electron chi connectivity index (χ2n) is 9.61. The van der Waals surface area contributed by atoms with Gasteiger partial charge in [-0.3, -0.25) is 0 Å². The molecule has 184 valence electrons. The molecule has 0 unspecified atom stereocenters. The van der Waals surface area contributed by atoms with Crippen LogP contribution in [-0.2, 0) is 14.3 Å². The molecule has 0 atom stereocenters. The van der Waals surface area contributed by atoms with E-state index in [4.69, 9.17) is 14.5 Å². The first-order chi connectivity index (χ1) is 15.9. The number of hydrogen-bond acceptors (Lipinski definition) is 8. The first-order valence-corrected chi connectivity index (χ1v) is 12.2. The molecular formula is C25H34N4O4S. The van der Waals surface area contributed by atoms with Crippen molar-refractivity contribution >= 4 is 29.6 Å². The van der Waals surface area contributed by atoms with E-state index in [1.807, 2.05) is 6.92 Å². The van der Waals surface area contributed by atoms with Crippen LogP contribution in [0.5, 0.6) is 0 Å². The zero-order chi connectivity index (χ0) is 25.1. The summed E-state index contributed by atoms with van der Waals surface area (Å²) < 4.78 is 10.4. The molecule has 9 heteroatoms. The predicted octanol–water partition coefficient (Wildman–Crippen LogP) is 4.59. The summed E-state index contributed by atoms with van der Waals surface area (Å²) in [6.07, 6.45) is 1.89. The molecule has 3 rings (SSSR count). The van der Waals surface area contributed by atoms with Gasteiger partial charge >= 0.3 is 12.1 Å². The SMILES string of the molecule is COC(=O)C1(NC(=O)OC(C)(C)C)CCN(c2cnc(Sc3cccc(C)c3C)c(C)n2)CC1. The zero-order valence-corrected chi connectivity index (χ0v) is 21.8. The number of carbonyl (C=O) groups excluding carboxylic acids is 2. The van der Waals surface area contributed by atoms with Crippen molar-refractivity contribution in [2.45, 2.75) is 75.4 Å². The fourth-order valence-electron chi connectivity index (χ4n) is 3.84. The quantitative estimate of drug-likeness (QED) is 0.614. The molecule has 1 aliphatic rings. The van der Waals surface area contributed by atoms with Gasteiger partial charge in [-0.05, 0) is 71.6 Å². The Hall–Kier alpha value is -2.81. The van der Waals surface area contributed by atoms with Gasteiger partial charge in [0.1, 0.15) is 22.0 Å². The average Bonchev–Trinajstić information content (AvgIpc) is 2.76. The third-order valence-corrected chi connectivity index (χ3v) is 7.16. The van der Waals surface area contributed by atoms with Crippen LogP contribution in [0.1, 0.15) is 50.4 Å². The summed E-state index contributed by atoms with van der Waals surface area (Å²) in [7, 11) is 1.33. The summed E-state index contributed by atoms with van der Waals surface area (Å²) in [4.78, 5) is 37.7. The van der Waals surface area contributed by atoms with E-state index in [2.05, 4.69) is 47.2 Å². The van der Waals surface area contributed by atoms with Crippen molar-refractivity contribution in [1.82, 2.24) is 15.3 Å². The Morgan fingerprint density at radius 2 is 1.82 bits per heavy atom. The molecule has 1 saturated heterocycles. The minimum Gasteiger partial charge on any atom is -0.467 e. The number of alkyl carbamates (subject to hydrolysis) is 1. The summed E-state index contributed by atoms with van der Waals surface area (Å²) in [5.41, 5.74) is 1.54. The number of piperidine rings is 1. The number of ether oxygens (including phenoxy) is 2. The maximum Gasteiger partial charge on any atom is 0.408 e. The highest BCUT2D eigenvalue weighted by Crippen LogP contribution is 2.33. The van der Waals surface area contributed by atoms with Crippen molar-refractivity contribution in [3.8, 4) is 0 Å². The number of carbonyl (C=O) groups is 2. The van der Waals surface area contributed by atoms with Crippen LogP contribution >= 0.6 is 11.8 Å². The Kier molecular flexibility index (Phi) is 7.75. The van der Waals surface area contributed by atoms with E-state index in [1.165, 1.54) is 23.1 Å². The molecule has 8 nitrogen and oxygen atoms in total. The lowest BCUT2D eigenvalue weighted by atomic mass is 9.87. The number of nitrogens with zero attached hydrogens (tertiary/aromatic N) is 3. The van der Waals surface area contributed by atoms with Gasteiger partial charge < -0.3 is 19.7 Å². The summed E-state index contributed by atoms with van der Waals surface area (Å²) in [5, 5.41) is 3.63. The second-order valence-corrected chi connectivity index (χ2v) is 10.6. The van der Waals surface area contributed by atoms with Crippen LogP contribution in [0.3, 0.4) is 0 Å². The van der Waals surface area contributed by atoms with Gasteiger partial charge in [-0.25, -0.2) is 19.6 Å². The smallest absolute Gasteiger partial charge is 0.408 e. The van der Waals surface area contributed by atoms with Crippen LogP contribution in [-0.4, -0.2) is 53.4 Å². The van der Waals surface area contributed by atoms with Crippen LogP contribution in [0.15, 0.2) is 34.3 Å².